The van der Waals surface area contributed by atoms with E-state index in [1.807, 2.05) is 17.5 Å². The molecule has 1 aromatic heterocycles. The van der Waals surface area contributed by atoms with E-state index in [4.69, 9.17) is 0 Å². The minimum absolute atomic E-state index is 0.200. The highest BCUT2D eigenvalue weighted by Crippen LogP contribution is 2.41. The summed E-state index contributed by atoms with van der Waals surface area (Å²) in [6, 6.07) is 6.43. The summed E-state index contributed by atoms with van der Waals surface area (Å²) in [4.78, 5) is 0.504. The molecule has 0 spiro atoms. The lowest BCUT2D eigenvalue weighted by Gasteiger charge is -2.36. The molecule has 1 aromatic carbocycles. The second-order valence-electron chi connectivity index (χ2n) is 6.22. The molecule has 130 valence electrons. The van der Waals surface area contributed by atoms with Crippen molar-refractivity contribution in [3.63, 3.8) is 0 Å². The molecule has 1 heterocycles. The molecule has 1 aliphatic carbocycles. The normalized spacial score (nSPS) is 17.8. The summed E-state index contributed by atoms with van der Waals surface area (Å²) in [6.07, 6.45) is 4.99. The smallest absolute Gasteiger partial charge is 0.210 e. The molecule has 0 atom stereocenters. The standard InChI is InChI=1S/C17H19F2NO2S2/c18-13-6-7-14(19)15(11-13)24(21,22)20-12-17(8-2-1-3-9-17)16-5-4-10-23-16/h4-7,10-11,20H,1-3,8-9,12H2. The molecular weight excluding hydrogens is 352 g/mol. The van der Waals surface area contributed by atoms with Gasteiger partial charge in [-0.25, -0.2) is 21.9 Å². The third kappa shape index (κ3) is 3.53. The van der Waals surface area contributed by atoms with Gasteiger partial charge in [0.15, 0.2) is 0 Å². The first-order valence-corrected chi connectivity index (χ1v) is 10.3. The van der Waals surface area contributed by atoms with Crippen LogP contribution in [-0.2, 0) is 15.4 Å². The lowest BCUT2D eigenvalue weighted by atomic mass is 9.73. The Morgan fingerprint density at radius 1 is 1.12 bits per heavy atom. The van der Waals surface area contributed by atoms with Crippen LogP contribution in [0.4, 0.5) is 8.78 Å². The van der Waals surface area contributed by atoms with E-state index in [9.17, 15) is 17.2 Å². The number of hydrogen-bond acceptors (Lipinski definition) is 3. The summed E-state index contributed by atoms with van der Waals surface area (Å²) in [5.74, 6) is -1.72. The fourth-order valence-electron chi connectivity index (χ4n) is 3.31. The molecule has 1 fully saturated rings. The van der Waals surface area contributed by atoms with Crippen molar-refractivity contribution in [3.05, 3.63) is 52.2 Å². The Balaban J connectivity index is 1.85. The van der Waals surface area contributed by atoms with E-state index in [-0.39, 0.29) is 12.0 Å². The third-order valence-electron chi connectivity index (χ3n) is 4.64. The van der Waals surface area contributed by atoms with Gasteiger partial charge in [0.05, 0.1) is 0 Å². The van der Waals surface area contributed by atoms with Crippen LogP contribution in [0.1, 0.15) is 37.0 Å². The second kappa shape index (κ2) is 6.90. The van der Waals surface area contributed by atoms with Gasteiger partial charge < -0.3 is 0 Å². The summed E-state index contributed by atoms with van der Waals surface area (Å²) in [6.45, 7) is 0.200. The molecule has 0 aliphatic heterocycles. The highest BCUT2D eigenvalue weighted by Gasteiger charge is 2.36. The number of thiophene rings is 1. The summed E-state index contributed by atoms with van der Waals surface area (Å²) in [7, 11) is -4.10. The molecule has 7 heteroatoms. The van der Waals surface area contributed by atoms with E-state index in [1.165, 1.54) is 0 Å². The molecule has 2 aromatic rings. The summed E-state index contributed by atoms with van der Waals surface area (Å²) < 4.78 is 54.5. The highest BCUT2D eigenvalue weighted by molar-refractivity contribution is 7.89. The van der Waals surface area contributed by atoms with Crippen LogP contribution in [0.3, 0.4) is 0 Å². The maximum absolute atomic E-state index is 13.8. The topological polar surface area (TPSA) is 46.2 Å². The molecule has 3 nitrogen and oxygen atoms in total. The molecule has 0 amide bonds. The second-order valence-corrected chi connectivity index (χ2v) is 8.90. The molecule has 0 radical (unpaired) electrons. The third-order valence-corrected chi connectivity index (χ3v) is 7.17. The van der Waals surface area contributed by atoms with E-state index in [0.717, 1.165) is 55.2 Å². The average molecular weight is 371 g/mol. The minimum Gasteiger partial charge on any atom is -0.210 e. The Labute approximate surface area is 144 Å². The fraction of sp³-hybridized carbons (Fsp3) is 0.412. The Bertz CT molecular complexity index is 798. The molecule has 0 saturated heterocycles. The van der Waals surface area contributed by atoms with Crippen LogP contribution in [-0.4, -0.2) is 15.0 Å². The predicted molar refractivity (Wildman–Crippen MR) is 90.6 cm³/mol. The van der Waals surface area contributed by atoms with Crippen LogP contribution in [0, 0.1) is 11.6 Å². The summed E-state index contributed by atoms with van der Waals surface area (Å²) in [5, 5.41) is 1.98. The van der Waals surface area contributed by atoms with Gasteiger partial charge in [-0.2, -0.15) is 0 Å². The largest absolute Gasteiger partial charge is 0.243 e. The Hall–Kier alpha value is -1.31. The maximum Gasteiger partial charge on any atom is 0.243 e. The van der Waals surface area contributed by atoms with E-state index < -0.39 is 26.6 Å². The van der Waals surface area contributed by atoms with Crippen LogP contribution in [0.2, 0.25) is 0 Å². The Morgan fingerprint density at radius 2 is 1.88 bits per heavy atom. The molecule has 3 rings (SSSR count). The number of halogens is 2. The van der Waals surface area contributed by atoms with Crippen LogP contribution in [0.15, 0.2) is 40.6 Å². The molecule has 1 aliphatic rings. The van der Waals surface area contributed by atoms with Crippen molar-refractivity contribution in [1.29, 1.82) is 0 Å². The van der Waals surface area contributed by atoms with Crippen molar-refractivity contribution >= 4 is 21.4 Å². The quantitative estimate of drug-likeness (QED) is 0.856. The zero-order chi connectivity index (χ0) is 17.2. The van der Waals surface area contributed by atoms with Gasteiger partial charge in [0.25, 0.3) is 0 Å². The van der Waals surface area contributed by atoms with Crippen molar-refractivity contribution in [2.75, 3.05) is 6.54 Å². The fourth-order valence-corrected chi connectivity index (χ4v) is 5.51. The summed E-state index contributed by atoms with van der Waals surface area (Å²) in [5.41, 5.74) is -0.261. The lowest BCUT2D eigenvalue weighted by molar-refractivity contribution is 0.298. The van der Waals surface area contributed by atoms with Crippen LogP contribution < -0.4 is 4.72 Å². The van der Waals surface area contributed by atoms with Gasteiger partial charge >= 0.3 is 0 Å². The molecule has 0 unspecified atom stereocenters. The van der Waals surface area contributed by atoms with Crippen LogP contribution in [0.5, 0.6) is 0 Å². The summed E-state index contributed by atoms with van der Waals surface area (Å²) >= 11 is 1.61. The van der Waals surface area contributed by atoms with Crippen molar-refractivity contribution in [1.82, 2.24) is 4.72 Å². The van der Waals surface area contributed by atoms with Crippen molar-refractivity contribution in [2.24, 2.45) is 0 Å². The predicted octanol–water partition coefficient (Wildman–Crippen LogP) is 4.21. The minimum atomic E-state index is -4.10. The lowest BCUT2D eigenvalue weighted by Crippen LogP contribution is -2.41. The van der Waals surface area contributed by atoms with E-state index in [0.29, 0.717) is 0 Å². The van der Waals surface area contributed by atoms with Gasteiger partial charge in [-0.1, -0.05) is 25.3 Å². The van der Waals surface area contributed by atoms with E-state index in [2.05, 4.69) is 4.72 Å². The highest BCUT2D eigenvalue weighted by atomic mass is 32.2. The van der Waals surface area contributed by atoms with E-state index >= 15 is 0 Å². The maximum atomic E-state index is 13.8. The number of nitrogens with one attached hydrogen (secondary N) is 1. The van der Waals surface area contributed by atoms with Crippen molar-refractivity contribution in [2.45, 2.75) is 42.4 Å². The monoisotopic (exact) mass is 371 g/mol. The number of hydrogen-bond donors (Lipinski definition) is 1. The average Bonchev–Trinajstić information content (AvgIpc) is 3.11. The molecular formula is C17H19F2NO2S2. The first kappa shape index (κ1) is 17.5. The molecule has 1 N–H and O–H groups in total. The Morgan fingerprint density at radius 3 is 2.54 bits per heavy atom. The van der Waals surface area contributed by atoms with Gasteiger partial charge in [0, 0.05) is 16.8 Å². The van der Waals surface area contributed by atoms with Gasteiger partial charge in [-0.15, -0.1) is 11.3 Å². The molecule has 24 heavy (non-hydrogen) atoms. The first-order chi connectivity index (χ1) is 11.4. The number of benzene rings is 1. The number of rotatable bonds is 5. The van der Waals surface area contributed by atoms with Gasteiger partial charge in [-0.3, -0.25) is 0 Å². The van der Waals surface area contributed by atoms with Crippen LogP contribution in [0.25, 0.3) is 0 Å². The first-order valence-electron chi connectivity index (χ1n) is 7.92. The number of sulfonamides is 1. The van der Waals surface area contributed by atoms with Crippen LogP contribution >= 0.6 is 11.3 Å². The van der Waals surface area contributed by atoms with Gasteiger partial charge in [0.2, 0.25) is 10.0 Å². The zero-order valence-electron chi connectivity index (χ0n) is 13.1. The van der Waals surface area contributed by atoms with E-state index in [1.54, 1.807) is 11.3 Å². The van der Waals surface area contributed by atoms with Crippen molar-refractivity contribution in [3.8, 4) is 0 Å². The van der Waals surface area contributed by atoms with Gasteiger partial charge in [-0.05, 0) is 42.5 Å². The SMILES string of the molecule is O=S(=O)(NCC1(c2cccs2)CCCCC1)c1cc(F)ccc1F. The molecule has 0 bridgehead atoms. The zero-order valence-corrected chi connectivity index (χ0v) is 14.7. The Kier molecular flexibility index (Phi) is 5.03. The van der Waals surface area contributed by atoms with Crippen molar-refractivity contribution < 1.29 is 17.2 Å². The van der Waals surface area contributed by atoms with Gasteiger partial charge in [0.1, 0.15) is 16.5 Å². The molecule has 1 saturated carbocycles.